The first-order valence-corrected chi connectivity index (χ1v) is 6.97. The van der Waals surface area contributed by atoms with Gasteiger partial charge in [-0.1, -0.05) is 0 Å². The summed E-state index contributed by atoms with van der Waals surface area (Å²) in [5, 5.41) is 5.04. The first-order chi connectivity index (χ1) is 9.20. The standard InChI is InChI=1S/C13H16N4OS/c1-3-14-12-5-4-10(6-15-12)13(18)17(2)7-11-8-19-9-16-11/h4-6,8-9H,3,7H2,1-2H3,(H,14,15). The Labute approximate surface area is 116 Å². The fraction of sp³-hybridized carbons (Fsp3) is 0.308. The third kappa shape index (κ3) is 3.51. The van der Waals surface area contributed by atoms with Gasteiger partial charge >= 0.3 is 0 Å². The highest BCUT2D eigenvalue weighted by molar-refractivity contribution is 7.07. The molecule has 0 radical (unpaired) electrons. The number of hydrogen-bond donors (Lipinski definition) is 1. The Kier molecular flexibility index (Phi) is 4.46. The lowest BCUT2D eigenvalue weighted by Gasteiger charge is -2.15. The fourth-order valence-electron chi connectivity index (χ4n) is 1.66. The van der Waals surface area contributed by atoms with E-state index in [1.54, 1.807) is 29.7 Å². The van der Waals surface area contributed by atoms with Gasteiger partial charge < -0.3 is 10.2 Å². The number of pyridine rings is 1. The molecule has 0 aliphatic heterocycles. The third-order valence-electron chi connectivity index (χ3n) is 2.60. The summed E-state index contributed by atoms with van der Waals surface area (Å²) in [6.07, 6.45) is 1.60. The molecule has 2 aromatic rings. The van der Waals surface area contributed by atoms with Crippen molar-refractivity contribution in [2.45, 2.75) is 13.5 Å². The van der Waals surface area contributed by atoms with E-state index in [-0.39, 0.29) is 5.91 Å². The van der Waals surface area contributed by atoms with E-state index in [9.17, 15) is 4.79 Å². The summed E-state index contributed by atoms with van der Waals surface area (Å²) in [7, 11) is 1.76. The molecule has 100 valence electrons. The van der Waals surface area contributed by atoms with Crippen LogP contribution in [0.1, 0.15) is 23.0 Å². The molecule has 0 spiro atoms. The lowest BCUT2D eigenvalue weighted by molar-refractivity contribution is 0.0783. The van der Waals surface area contributed by atoms with Crippen LogP contribution in [0.5, 0.6) is 0 Å². The predicted octanol–water partition coefficient (Wildman–Crippen LogP) is 2.24. The van der Waals surface area contributed by atoms with E-state index < -0.39 is 0 Å². The number of carbonyl (C=O) groups is 1. The molecule has 2 aromatic heterocycles. The van der Waals surface area contributed by atoms with Gasteiger partial charge in [0.1, 0.15) is 5.82 Å². The summed E-state index contributed by atoms with van der Waals surface area (Å²) in [6.45, 7) is 3.32. The molecule has 2 heterocycles. The van der Waals surface area contributed by atoms with Crippen LogP contribution >= 0.6 is 11.3 Å². The molecule has 19 heavy (non-hydrogen) atoms. The van der Waals surface area contributed by atoms with Crippen LogP contribution < -0.4 is 5.32 Å². The Morgan fingerprint density at radius 3 is 2.84 bits per heavy atom. The van der Waals surface area contributed by atoms with Gasteiger partial charge in [0.15, 0.2) is 0 Å². The number of anilines is 1. The maximum absolute atomic E-state index is 12.2. The van der Waals surface area contributed by atoms with E-state index in [1.807, 2.05) is 18.4 Å². The molecule has 0 aliphatic rings. The van der Waals surface area contributed by atoms with Gasteiger partial charge in [-0.3, -0.25) is 4.79 Å². The number of thiazole rings is 1. The van der Waals surface area contributed by atoms with Crippen molar-refractivity contribution in [2.75, 3.05) is 18.9 Å². The lowest BCUT2D eigenvalue weighted by atomic mass is 10.2. The zero-order chi connectivity index (χ0) is 13.7. The fourth-order valence-corrected chi connectivity index (χ4v) is 2.21. The number of carbonyl (C=O) groups excluding carboxylic acids is 1. The average Bonchev–Trinajstić information content (AvgIpc) is 2.92. The van der Waals surface area contributed by atoms with Gasteiger partial charge in [-0.25, -0.2) is 9.97 Å². The quantitative estimate of drug-likeness (QED) is 0.910. The Hall–Kier alpha value is -1.95. The molecule has 1 amide bonds. The zero-order valence-electron chi connectivity index (χ0n) is 11.0. The Morgan fingerprint density at radius 1 is 1.42 bits per heavy atom. The second-order valence-corrected chi connectivity index (χ2v) is 4.82. The van der Waals surface area contributed by atoms with Crippen molar-refractivity contribution in [2.24, 2.45) is 0 Å². The Balaban J connectivity index is 2.02. The highest BCUT2D eigenvalue weighted by atomic mass is 32.1. The van der Waals surface area contributed by atoms with Crippen molar-refractivity contribution in [3.8, 4) is 0 Å². The van der Waals surface area contributed by atoms with Crippen molar-refractivity contribution in [1.29, 1.82) is 0 Å². The average molecular weight is 276 g/mol. The summed E-state index contributed by atoms with van der Waals surface area (Å²) >= 11 is 1.53. The van der Waals surface area contributed by atoms with Crippen molar-refractivity contribution in [1.82, 2.24) is 14.9 Å². The molecule has 0 atom stereocenters. The van der Waals surface area contributed by atoms with Crippen molar-refractivity contribution in [3.63, 3.8) is 0 Å². The second-order valence-electron chi connectivity index (χ2n) is 4.10. The Bertz CT molecular complexity index is 524. The molecule has 0 aliphatic carbocycles. The summed E-state index contributed by atoms with van der Waals surface area (Å²) in [5.41, 5.74) is 3.25. The van der Waals surface area contributed by atoms with Crippen LogP contribution in [-0.4, -0.2) is 34.4 Å². The van der Waals surface area contributed by atoms with Crippen LogP contribution in [0.25, 0.3) is 0 Å². The van der Waals surface area contributed by atoms with Crippen molar-refractivity contribution >= 4 is 23.1 Å². The van der Waals surface area contributed by atoms with Crippen LogP contribution in [0.3, 0.4) is 0 Å². The van der Waals surface area contributed by atoms with Crippen LogP contribution in [0.15, 0.2) is 29.2 Å². The molecule has 0 saturated carbocycles. The number of aromatic nitrogens is 2. The SMILES string of the molecule is CCNc1ccc(C(=O)N(C)Cc2cscn2)cn1. The number of hydrogen-bond acceptors (Lipinski definition) is 5. The summed E-state index contributed by atoms with van der Waals surface area (Å²) in [6, 6.07) is 3.60. The number of nitrogens with zero attached hydrogens (tertiary/aromatic N) is 3. The monoisotopic (exact) mass is 276 g/mol. The molecular weight excluding hydrogens is 260 g/mol. The summed E-state index contributed by atoms with van der Waals surface area (Å²) in [4.78, 5) is 22.2. The first kappa shape index (κ1) is 13.5. The van der Waals surface area contributed by atoms with Gasteiger partial charge in [0.25, 0.3) is 5.91 Å². The van der Waals surface area contributed by atoms with Crippen LogP contribution in [0.4, 0.5) is 5.82 Å². The maximum atomic E-state index is 12.2. The molecule has 0 aromatic carbocycles. The lowest BCUT2D eigenvalue weighted by Crippen LogP contribution is -2.26. The summed E-state index contributed by atoms with van der Waals surface area (Å²) in [5.74, 6) is 0.727. The van der Waals surface area contributed by atoms with Crippen LogP contribution in [0.2, 0.25) is 0 Å². The highest BCUT2D eigenvalue weighted by Crippen LogP contribution is 2.10. The molecular formula is C13H16N4OS. The molecule has 2 rings (SSSR count). The predicted molar refractivity (Wildman–Crippen MR) is 76.3 cm³/mol. The van der Waals surface area contributed by atoms with Gasteiger partial charge in [0, 0.05) is 25.2 Å². The van der Waals surface area contributed by atoms with Gasteiger partial charge in [-0.15, -0.1) is 11.3 Å². The summed E-state index contributed by atoms with van der Waals surface area (Å²) < 4.78 is 0. The molecule has 1 N–H and O–H groups in total. The number of amides is 1. The Morgan fingerprint density at radius 2 is 2.26 bits per heavy atom. The molecule has 0 unspecified atom stereocenters. The highest BCUT2D eigenvalue weighted by Gasteiger charge is 2.13. The van der Waals surface area contributed by atoms with E-state index >= 15 is 0 Å². The first-order valence-electron chi connectivity index (χ1n) is 6.03. The largest absolute Gasteiger partial charge is 0.370 e. The maximum Gasteiger partial charge on any atom is 0.255 e. The molecule has 0 fully saturated rings. The van der Waals surface area contributed by atoms with E-state index in [0.717, 1.165) is 18.1 Å². The minimum atomic E-state index is -0.0523. The van der Waals surface area contributed by atoms with Crippen LogP contribution in [-0.2, 0) is 6.54 Å². The van der Waals surface area contributed by atoms with Crippen molar-refractivity contribution < 1.29 is 4.79 Å². The second kappa shape index (κ2) is 6.29. The van der Waals surface area contributed by atoms with E-state index in [4.69, 9.17) is 0 Å². The third-order valence-corrected chi connectivity index (χ3v) is 3.23. The minimum absolute atomic E-state index is 0.0523. The zero-order valence-corrected chi connectivity index (χ0v) is 11.8. The molecule has 0 bridgehead atoms. The van der Waals surface area contributed by atoms with Crippen molar-refractivity contribution in [3.05, 3.63) is 40.5 Å². The van der Waals surface area contributed by atoms with Gasteiger partial charge in [0.05, 0.1) is 23.3 Å². The van der Waals surface area contributed by atoms with E-state index in [1.165, 1.54) is 11.3 Å². The molecule has 0 saturated heterocycles. The topological polar surface area (TPSA) is 58.1 Å². The molecule has 5 nitrogen and oxygen atoms in total. The van der Waals surface area contributed by atoms with E-state index in [0.29, 0.717) is 12.1 Å². The van der Waals surface area contributed by atoms with Gasteiger partial charge in [-0.2, -0.15) is 0 Å². The van der Waals surface area contributed by atoms with Crippen LogP contribution in [0, 0.1) is 0 Å². The number of rotatable bonds is 5. The number of nitrogens with one attached hydrogen (secondary N) is 1. The van der Waals surface area contributed by atoms with Gasteiger partial charge in [0.2, 0.25) is 0 Å². The minimum Gasteiger partial charge on any atom is -0.370 e. The normalized spacial score (nSPS) is 10.2. The smallest absolute Gasteiger partial charge is 0.255 e. The van der Waals surface area contributed by atoms with Gasteiger partial charge in [-0.05, 0) is 19.1 Å². The molecule has 6 heteroatoms. The van der Waals surface area contributed by atoms with E-state index in [2.05, 4.69) is 15.3 Å².